The van der Waals surface area contributed by atoms with Crippen molar-refractivity contribution in [2.45, 2.75) is 31.1 Å². The summed E-state index contributed by atoms with van der Waals surface area (Å²) in [5, 5.41) is 8.43. The molecule has 4 N–H and O–H groups in total. The van der Waals surface area contributed by atoms with Crippen LogP contribution in [0.25, 0.3) is 0 Å². The van der Waals surface area contributed by atoms with Crippen molar-refractivity contribution in [2.75, 3.05) is 18.1 Å². The molecule has 24 heavy (non-hydrogen) atoms. The summed E-state index contributed by atoms with van der Waals surface area (Å²) in [4.78, 5) is 0. The third kappa shape index (κ3) is 3.55. The molecule has 1 aromatic carbocycles. The Hall–Kier alpha value is -2.05. The van der Waals surface area contributed by atoms with E-state index in [2.05, 4.69) is 4.65 Å². The Kier molecular flexibility index (Phi) is 5.21. The summed E-state index contributed by atoms with van der Waals surface area (Å²) < 4.78 is 34.3. The molecule has 1 atom stereocenters. The fourth-order valence-electron chi connectivity index (χ4n) is 2.55. The monoisotopic (exact) mass is 349 g/mol. The van der Waals surface area contributed by atoms with Crippen LogP contribution in [-0.4, -0.2) is 38.2 Å². The number of nitrogens with two attached hydrogens (primary N) is 2. The van der Waals surface area contributed by atoms with Gasteiger partial charge in [0.2, 0.25) is 0 Å². The molecule has 0 fully saturated rings. The summed E-state index contributed by atoms with van der Waals surface area (Å²) in [5.41, 5.74) is 14.0. The van der Waals surface area contributed by atoms with E-state index in [1.165, 1.54) is 20.1 Å². The molecule has 0 bridgehead atoms. The molecule has 0 amide bonds. The molecule has 9 heteroatoms. The van der Waals surface area contributed by atoms with Gasteiger partial charge in [0, 0.05) is 0 Å². The summed E-state index contributed by atoms with van der Waals surface area (Å²) >= 11 is 0. The molecule has 0 aromatic heterocycles. The van der Waals surface area contributed by atoms with Gasteiger partial charge in [-0.05, 0) is 0 Å². The first-order chi connectivity index (χ1) is 11.2. The summed E-state index contributed by atoms with van der Waals surface area (Å²) in [6, 6.07) is 5.41. The average Bonchev–Trinajstić information content (AvgIpc) is 2.52. The molecule has 7 nitrogen and oxygen atoms in total. The first kappa shape index (κ1) is 18.3. The second-order valence-corrected chi connectivity index (χ2v) is 8.83. The number of nitrogen functional groups attached to an aromatic ring is 1. The predicted molar refractivity (Wildman–Crippen MR) is 92.8 cm³/mol. The van der Waals surface area contributed by atoms with Gasteiger partial charge >= 0.3 is 142 Å². The van der Waals surface area contributed by atoms with Gasteiger partial charge in [0.25, 0.3) is 0 Å². The van der Waals surface area contributed by atoms with Crippen LogP contribution in [0.3, 0.4) is 0 Å². The van der Waals surface area contributed by atoms with Crippen LogP contribution in [0.5, 0.6) is 0 Å². The number of ether oxygens (including phenoxy) is 1. The van der Waals surface area contributed by atoms with Gasteiger partial charge in [0.05, 0.1) is 0 Å². The van der Waals surface area contributed by atoms with Crippen LogP contribution in [0.15, 0.2) is 18.2 Å². The molecule has 0 aliphatic carbocycles. The third-order valence-corrected chi connectivity index (χ3v) is 6.95. The van der Waals surface area contributed by atoms with Gasteiger partial charge in [-0.1, -0.05) is 0 Å². The van der Waals surface area contributed by atoms with E-state index in [0.717, 1.165) is 18.3 Å². The number of fused-ring (bicyclic) bond motifs is 1. The average molecular weight is 349 g/mol. The second kappa shape index (κ2) is 6.83. The number of sulfone groups is 1. The van der Waals surface area contributed by atoms with Crippen LogP contribution in [0, 0.1) is 11.5 Å². The van der Waals surface area contributed by atoms with E-state index in [4.69, 9.17) is 21.5 Å². The van der Waals surface area contributed by atoms with Crippen molar-refractivity contribution in [3.63, 3.8) is 0 Å². The van der Waals surface area contributed by atoms with Crippen LogP contribution in [0.2, 0.25) is 0 Å². The van der Waals surface area contributed by atoms with E-state index in [9.17, 15) is 8.42 Å². The number of benzene rings is 1. The first-order valence-corrected chi connectivity index (χ1v) is 9.03. The first-order valence-electron chi connectivity index (χ1n) is 7.38. The van der Waals surface area contributed by atoms with Gasteiger partial charge in [-0.2, -0.15) is 0 Å². The van der Waals surface area contributed by atoms with Crippen molar-refractivity contribution >= 4 is 28.2 Å². The molecule has 1 aromatic rings. The SMILES string of the molecule is CC(C)(C(N)=BOC#N)S(=O)(=O)CC1COCc2ccc(N)cc21. The minimum atomic E-state index is -3.65. The van der Waals surface area contributed by atoms with Gasteiger partial charge < -0.3 is 0 Å². The van der Waals surface area contributed by atoms with Crippen LogP contribution in [0.4, 0.5) is 5.69 Å². The Balaban J connectivity index is 2.31. The normalized spacial score (nSPS) is 18.2. The molecule has 0 spiro atoms. The van der Waals surface area contributed by atoms with Gasteiger partial charge in [0.15, 0.2) is 0 Å². The zero-order chi connectivity index (χ0) is 18.0. The predicted octanol–water partition coefficient (Wildman–Crippen LogP) is 0.281. The molecule has 1 heterocycles. The number of nitrogens with zero attached hydrogens (tertiary/aromatic N) is 1. The number of hydrogen-bond donors (Lipinski definition) is 2. The topological polar surface area (TPSA) is 128 Å². The van der Waals surface area contributed by atoms with Crippen LogP contribution >= 0.6 is 0 Å². The fraction of sp³-hybridized carbons (Fsp3) is 0.467. The van der Waals surface area contributed by atoms with Crippen molar-refractivity contribution in [3.8, 4) is 6.26 Å². The Bertz CT molecular complexity index is 799. The molecule has 128 valence electrons. The van der Waals surface area contributed by atoms with Gasteiger partial charge in [-0.3, -0.25) is 0 Å². The van der Waals surface area contributed by atoms with Gasteiger partial charge in [0.1, 0.15) is 0 Å². The van der Waals surface area contributed by atoms with Crippen LogP contribution < -0.4 is 11.5 Å². The zero-order valence-corrected chi connectivity index (χ0v) is 14.5. The summed E-state index contributed by atoms with van der Waals surface area (Å²) in [5.74, 6) is -0.469. The minimum absolute atomic E-state index is 0.0337. The molecular formula is C15H20BN3O4S. The van der Waals surface area contributed by atoms with E-state index in [1.807, 2.05) is 6.07 Å². The number of anilines is 1. The Labute approximate surface area is 142 Å². The van der Waals surface area contributed by atoms with Gasteiger partial charge in [-0.15, -0.1) is 0 Å². The molecule has 1 unspecified atom stereocenters. The van der Waals surface area contributed by atoms with E-state index in [-0.39, 0.29) is 17.3 Å². The Morgan fingerprint density at radius 2 is 2.25 bits per heavy atom. The standard InChI is InChI=1S/C15H20BN3O4S/c1-15(2,14(19)16-23-9-17)24(20,21)8-11-7-22-6-10-3-4-12(18)5-13(10)11/h3-5,11H,6-8,18-19H2,1-2H3. The Morgan fingerprint density at radius 3 is 2.92 bits per heavy atom. The molecule has 0 radical (unpaired) electrons. The molecule has 1 aliphatic rings. The van der Waals surface area contributed by atoms with E-state index >= 15 is 0 Å². The van der Waals surface area contributed by atoms with Crippen molar-refractivity contribution in [2.24, 2.45) is 5.73 Å². The van der Waals surface area contributed by atoms with Crippen LogP contribution in [0.1, 0.15) is 30.9 Å². The molecule has 1 aliphatic heterocycles. The molecular weight excluding hydrogens is 329 g/mol. The second-order valence-electron chi connectivity index (χ2n) is 6.24. The van der Waals surface area contributed by atoms with Crippen molar-refractivity contribution < 1.29 is 17.8 Å². The number of rotatable bonds is 5. The van der Waals surface area contributed by atoms with E-state index < -0.39 is 14.6 Å². The quantitative estimate of drug-likeness (QED) is 0.444. The molecule has 2 rings (SSSR count). The fourth-order valence-corrected chi connectivity index (χ4v) is 4.18. The van der Waals surface area contributed by atoms with E-state index in [1.54, 1.807) is 12.1 Å². The van der Waals surface area contributed by atoms with Crippen LogP contribution in [-0.2, 0) is 25.8 Å². The van der Waals surface area contributed by atoms with Crippen molar-refractivity contribution in [1.29, 1.82) is 5.26 Å². The van der Waals surface area contributed by atoms with Crippen molar-refractivity contribution in [3.05, 3.63) is 29.3 Å². The molecule has 0 saturated carbocycles. The molecule has 0 saturated heterocycles. The van der Waals surface area contributed by atoms with E-state index in [0.29, 0.717) is 18.9 Å². The number of nitriles is 1. The summed E-state index contributed by atoms with van der Waals surface area (Å²) in [7, 11) is -2.69. The summed E-state index contributed by atoms with van der Waals surface area (Å²) in [6.07, 6.45) is 1.44. The number of hydrogen-bond acceptors (Lipinski definition) is 7. The maximum absolute atomic E-state index is 12.9. The Morgan fingerprint density at radius 1 is 1.54 bits per heavy atom. The third-order valence-electron chi connectivity index (χ3n) is 4.32. The maximum atomic E-state index is 12.9. The van der Waals surface area contributed by atoms with Crippen molar-refractivity contribution in [1.82, 2.24) is 0 Å². The summed E-state index contributed by atoms with van der Waals surface area (Å²) in [6.45, 7) is 3.70. The zero-order valence-electron chi connectivity index (χ0n) is 13.7. The van der Waals surface area contributed by atoms with Gasteiger partial charge in [-0.25, -0.2) is 0 Å².